The predicted molar refractivity (Wildman–Crippen MR) is 98.5 cm³/mol. The van der Waals surface area contributed by atoms with Crippen LogP contribution < -0.4 is 10.1 Å². The van der Waals surface area contributed by atoms with Gasteiger partial charge in [-0.15, -0.1) is 0 Å². The van der Waals surface area contributed by atoms with Crippen LogP contribution in [0.15, 0.2) is 48.8 Å². The van der Waals surface area contributed by atoms with Gasteiger partial charge in [0.2, 0.25) is 0 Å². The maximum atomic E-state index is 9.63. The van der Waals surface area contributed by atoms with Gasteiger partial charge in [0.05, 0.1) is 18.0 Å². The first kappa shape index (κ1) is 16.1. The third-order valence-electron chi connectivity index (χ3n) is 4.39. The maximum Gasteiger partial charge on any atom is 0.138 e. The van der Waals surface area contributed by atoms with E-state index in [-0.39, 0.29) is 12.2 Å². The number of ether oxygens (including phenoxy) is 1. The van der Waals surface area contributed by atoms with Crippen LogP contribution in [-0.4, -0.2) is 27.3 Å². The average Bonchev–Trinajstić information content (AvgIpc) is 3.02. The molecular weight excluding hydrogens is 338 g/mol. The summed E-state index contributed by atoms with van der Waals surface area (Å²) in [5.41, 5.74) is 0.824. The largest absolute Gasteiger partial charge is 0.490 e. The highest BCUT2D eigenvalue weighted by atomic mass is 35.5. The summed E-state index contributed by atoms with van der Waals surface area (Å²) < 4.78 is 6.00. The van der Waals surface area contributed by atoms with E-state index in [4.69, 9.17) is 16.3 Å². The fourth-order valence-electron chi connectivity index (χ4n) is 3.13. The molecule has 0 spiro atoms. The van der Waals surface area contributed by atoms with Crippen molar-refractivity contribution >= 4 is 33.9 Å². The van der Waals surface area contributed by atoms with Gasteiger partial charge in [0, 0.05) is 18.0 Å². The standard InChI is InChI=1S/C19H18ClN3O2/c20-18-6-1-13(11-22-18)23-19-17-5-4-15(9-12(17)7-8-21-19)25-16-3-2-14(24)10-16/h1,4-9,11,14,16,24H,2-3,10H2,(H,21,23)/t14-,16-/m1/s1. The Kier molecular flexibility index (Phi) is 4.42. The van der Waals surface area contributed by atoms with Crippen LogP contribution in [0.1, 0.15) is 19.3 Å². The molecule has 2 heterocycles. The highest BCUT2D eigenvalue weighted by molar-refractivity contribution is 6.29. The minimum atomic E-state index is -0.238. The van der Waals surface area contributed by atoms with Gasteiger partial charge in [0.25, 0.3) is 0 Å². The first-order chi connectivity index (χ1) is 12.2. The van der Waals surface area contributed by atoms with Crippen LogP contribution in [0.2, 0.25) is 5.15 Å². The number of benzene rings is 1. The van der Waals surface area contributed by atoms with E-state index in [2.05, 4.69) is 15.3 Å². The highest BCUT2D eigenvalue weighted by Gasteiger charge is 2.24. The normalized spacial score (nSPS) is 19.9. The Morgan fingerprint density at radius 3 is 2.80 bits per heavy atom. The lowest BCUT2D eigenvalue weighted by atomic mass is 10.1. The Balaban J connectivity index is 1.58. The predicted octanol–water partition coefficient (Wildman–Crippen LogP) is 4.32. The number of nitrogens with one attached hydrogen (secondary N) is 1. The van der Waals surface area contributed by atoms with Gasteiger partial charge in [-0.25, -0.2) is 9.97 Å². The number of halogens is 1. The summed E-state index contributed by atoms with van der Waals surface area (Å²) in [6.07, 6.45) is 5.69. The zero-order chi connectivity index (χ0) is 17.2. The minimum absolute atomic E-state index is 0.0898. The molecule has 3 aromatic rings. The van der Waals surface area contributed by atoms with Crippen LogP contribution in [0.5, 0.6) is 5.75 Å². The molecule has 2 aromatic heterocycles. The number of aliphatic hydroxyl groups is 1. The van der Waals surface area contributed by atoms with Crippen molar-refractivity contribution in [2.75, 3.05) is 5.32 Å². The molecule has 4 rings (SSSR count). The molecule has 1 aliphatic rings. The fraction of sp³-hybridized carbons (Fsp3) is 0.263. The molecule has 0 unspecified atom stereocenters. The lowest BCUT2D eigenvalue weighted by Gasteiger charge is -2.14. The smallest absolute Gasteiger partial charge is 0.138 e. The monoisotopic (exact) mass is 355 g/mol. The van der Waals surface area contributed by atoms with Crippen LogP contribution >= 0.6 is 11.6 Å². The number of fused-ring (bicyclic) bond motifs is 1. The zero-order valence-corrected chi connectivity index (χ0v) is 14.3. The zero-order valence-electron chi connectivity index (χ0n) is 13.5. The Bertz CT molecular complexity index is 885. The molecule has 2 atom stereocenters. The van der Waals surface area contributed by atoms with E-state index in [1.54, 1.807) is 18.5 Å². The molecule has 0 aliphatic heterocycles. The van der Waals surface area contributed by atoms with Crippen molar-refractivity contribution in [3.63, 3.8) is 0 Å². The molecule has 0 radical (unpaired) electrons. The van der Waals surface area contributed by atoms with E-state index in [0.29, 0.717) is 11.6 Å². The van der Waals surface area contributed by atoms with E-state index in [1.807, 2.05) is 30.3 Å². The topological polar surface area (TPSA) is 67.3 Å². The SMILES string of the molecule is O[C@@H]1CC[C@@H](Oc2ccc3c(Nc4ccc(Cl)nc4)nccc3c2)C1. The number of nitrogens with zero attached hydrogens (tertiary/aromatic N) is 2. The van der Waals surface area contributed by atoms with Crippen molar-refractivity contribution in [2.45, 2.75) is 31.5 Å². The molecule has 25 heavy (non-hydrogen) atoms. The second-order valence-corrected chi connectivity index (χ2v) is 6.63. The number of pyridine rings is 2. The van der Waals surface area contributed by atoms with E-state index >= 15 is 0 Å². The highest BCUT2D eigenvalue weighted by Crippen LogP contribution is 2.30. The summed E-state index contributed by atoms with van der Waals surface area (Å²) >= 11 is 5.82. The third kappa shape index (κ3) is 3.67. The van der Waals surface area contributed by atoms with Gasteiger partial charge in [-0.3, -0.25) is 0 Å². The summed E-state index contributed by atoms with van der Waals surface area (Å²) in [6, 6.07) is 11.5. The van der Waals surface area contributed by atoms with Gasteiger partial charge in [0.15, 0.2) is 0 Å². The van der Waals surface area contributed by atoms with Crippen LogP contribution in [-0.2, 0) is 0 Å². The molecule has 0 amide bonds. The molecule has 128 valence electrons. The van der Waals surface area contributed by atoms with Crippen LogP contribution in [0.25, 0.3) is 10.8 Å². The first-order valence-electron chi connectivity index (χ1n) is 8.29. The number of rotatable bonds is 4. The number of hydrogen-bond acceptors (Lipinski definition) is 5. The van der Waals surface area contributed by atoms with Crippen molar-refractivity contribution in [3.05, 3.63) is 53.9 Å². The van der Waals surface area contributed by atoms with E-state index < -0.39 is 0 Å². The van der Waals surface area contributed by atoms with Crippen molar-refractivity contribution < 1.29 is 9.84 Å². The molecule has 1 aliphatic carbocycles. The molecule has 0 bridgehead atoms. The molecule has 1 saturated carbocycles. The molecule has 5 nitrogen and oxygen atoms in total. The third-order valence-corrected chi connectivity index (χ3v) is 4.61. The van der Waals surface area contributed by atoms with E-state index in [0.717, 1.165) is 40.9 Å². The van der Waals surface area contributed by atoms with Gasteiger partial charge in [-0.1, -0.05) is 11.6 Å². The summed E-state index contributed by atoms with van der Waals surface area (Å²) in [7, 11) is 0. The minimum Gasteiger partial charge on any atom is -0.490 e. The molecule has 2 N–H and O–H groups in total. The van der Waals surface area contributed by atoms with E-state index in [9.17, 15) is 5.11 Å². The molecule has 1 aromatic carbocycles. The molecule has 0 saturated heterocycles. The van der Waals surface area contributed by atoms with Crippen LogP contribution in [0.3, 0.4) is 0 Å². The van der Waals surface area contributed by atoms with Crippen LogP contribution in [0, 0.1) is 0 Å². The van der Waals surface area contributed by atoms with Gasteiger partial charge in [0.1, 0.15) is 22.8 Å². The maximum absolute atomic E-state index is 9.63. The summed E-state index contributed by atoms with van der Waals surface area (Å²) in [4.78, 5) is 8.49. The first-order valence-corrected chi connectivity index (χ1v) is 8.67. The van der Waals surface area contributed by atoms with Crippen molar-refractivity contribution in [1.29, 1.82) is 0 Å². The quantitative estimate of drug-likeness (QED) is 0.682. The molecule has 6 heteroatoms. The Labute approximate surface area is 150 Å². The molecular formula is C19H18ClN3O2. The van der Waals surface area contributed by atoms with Crippen LogP contribution in [0.4, 0.5) is 11.5 Å². The number of aliphatic hydroxyl groups excluding tert-OH is 1. The average molecular weight is 356 g/mol. The summed E-state index contributed by atoms with van der Waals surface area (Å²) in [6.45, 7) is 0. The second-order valence-electron chi connectivity index (χ2n) is 6.24. The number of hydrogen-bond donors (Lipinski definition) is 2. The van der Waals surface area contributed by atoms with E-state index in [1.165, 1.54) is 0 Å². The van der Waals surface area contributed by atoms with Gasteiger partial charge < -0.3 is 15.2 Å². The lowest BCUT2D eigenvalue weighted by Crippen LogP contribution is -2.13. The Morgan fingerprint density at radius 2 is 2.04 bits per heavy atom. The van der Waals surface area contributed by atoms with Gasteiger partial charge in [-0.05, 0) is 54.6 Å². The number of anilines is 2. The summed E-state index contributed by atoms with van der Waals surface area (Å²) in [5.74, 6) is 1.57. The summed E-state index contributed by atoms with van der Waals surface area (Å²) in [5, 5.41) is 15.4. The Morgan fingerprint density at radius 1 is 1.12 bits per heavy atom. The number of aromatic nitrogens is 2. The van der Waals surface area contributed by atoms with Crippen molar-refractivity contribution in [3.8, 4) is 5.75 Å². The van der Waals surface area contributed by atoms with Crippen molar-refractivity contribution in [1.82, 2.24) is 9.97 Å². The Hall–Kier alpha value is -2.37. The second kappa shape index (κ2) is 6.86. The lowest BCUT2D eigenvalue weighted by molar-refractivity contribution is 0.150. The van der Waals surface area contributed by atoms with Gasteiger partial charge in [-0.2, -0.15) is 0 Å². The fourth-order valence-corrected chi connectivity index (χ4v) is 3.24. The van der Waals surface area contributed by atoms with Crippen molar-refractivity contribution in [2.24, 2.45) is 0 Å². The van der Waals surface area contributed by atoms with Gasteiger partial charge >= 0.3 is 0 Å². The molecule has 1 fully saturated rings.